The summed E-state index contributed by atoms with van der Waals surface area (Å²) in [5, 5.41) is 3.22. The monoisotopic (exact) mass is 330 g/mol. The number of carbonyl (C=O) groups is 1. The maximum Gasteiger partial charge on any atom is 0.224 e. The Morgan fingerprint density at radius 2 is 1.70 bits per heavy atom. The van der Waals surface area contributed by atoms with Gasteiger partial charge in [-0.2, -0.15) is 0 Å². The van der Waals surface area contributed by atoms with Crippen LogP contribution in [0.15, 0.2) is 54.6 Å². The first kappa shape index (κ1) is 17.4. The van der Waals surface area contributed by atoms with E-state index < -0.39 is 0 Å². The Balaban J connectivity index is 0.00000192. The van der Waals surface area contributed by atoms with Gasteiger partial charge in [0, 0.05) is 11.7 Å². The van der Waals surface area contributed by atoms with Crippen LogP contribution in [0.25, 0.3) is 0 Å². The summed E-state index contributed by atoms with van der Waals surface area (Å²) in [6.07, 6.45) is 3.77. The Morgan fingerprint density at radius 1 is 1.04 bits per heavy atom. The van der Waals surface area contributed by atoms with E-state index in [0.29, 0.717) is 12.3 Å². The second kappa shape index (κ2) is 8.02. The molecule has 1 fully saturated rings. The average Bonchev–Trinajstić information content (AvgIpc) is 3.35. The summed E-state index contributed by atoms with van der Waals surface area (Å²) >= 11 is 0. The van der Waals surface area contributed by atoms with Crippen LogP contribution in [-0.2, 0) is 17.6 Å². The van der Waals surface area contributed by atoms with Gasteiger partial charge in [0.05, 0.1) is 6.42 Å². The summed E-state index contributed by atoms with van der Waals surface area (Å²) in [5.74, 6) is 0.730. The minimum atomic E-state index is 0. The smallest absolute Gasteiger partial charge is 0.224 e. The van der Waals surface area contributed by atoms with Crippen LogP contribution in [0.2, 0.25) is 0 Å². The lowest BCUT2D eigenvalue weighted by atomic mass is 10.0. The molecule has 0 spiro atoms. The predicted molar refractivity (Wildman–Crippen MR) is 96.6 cm³/mol. The van der Waals surface area contributed by atoms with Crippen molar-refractivity contribution in [2.45, 2.75) is 31.7 Å². The molecule has 122 valence electrons. The fraction of sp³-hybridized carbons (Fsp3) is 0.316. The van der Waals surface area contributed by atoms with Crippen molar-refractivity contribution >= 4 is 24.0 Å². The van der Waals surface area contributed by atoms with Gasteiger partial charge in [-0.15, -0.1) is 12.4 Å². The number of hydrogen-bond acceptors (Lipinski definition) is 2. The van der Waals surface area contributed by atoms with Gasteiger partial charge in [-0.1, -0.05) is 42.5 Å². The van der Waals surface area contributed by atoms with E-state index >= 15 is 0 Å². The number of rotatable bonds is 6. The molecule has 3 nitrogen and oxygen atoms in total. The second-order valence-electron chi connectivity index (χ2n) is 6.12. The molecule has 1 aliphatic carbocycles. The summed E-state index contributed by atoms with van der Waals surface area (Å²) in [6, 6.07) is 18.1. The van der Waals surface area contributed by atoms with Crippen molar-refractivity contribution in [3.8, 4) is 0 Å². The van der Waals surface area contributed by atoms with E-state index in [0.717, 1.165) is 17.7 Å². The van der Waals surface area contributed by atoms with Crippen LogP contribution >= 0.6 is 12.4 Å². The number of nitrogen functional groups attached to an aromatic ring is 1. The molecule has 3 N–H and O–H groups in total. The molecule has 0 radical (unpaired) electrons. The molecule has 1 saturated carbocycles. The van der Waals surface area contributed by atoms with Crippen LogP contribution < -0.4 is 11.1 Å². The molecule has 0 aromatic heterocycles. The van der Waals surface area contributed by atoms with Crippen molar-refractivity contribution in [1.29, 1.82) is 0 Å². The van der Waals surface area contributed by atoms with Crippen molar-refractivity contribution in [2.24, 2.45) is 5.92 Å². The molecule has 0 aliphatic heterocycles. The fourth-order valence-corrected chi connectivity index (χ4v) is 2.78. The molecule has 4 heteroatoms. The zero-order valence-electron chi connectivity index (χ0n) is 13.1. The highest BCUT2D eigenvalue weighted by molar-refractivity contribution is 5.85. The number of anilines is 1. The minimum Gasteiger partial charge on any atom is -0.399 e. The van der Waals surface area contributed by atoms with Crippen LogP contribution in [0.1, 0.15) is 24.0 Å². The van der Waals surface area contributed by atoms with Gasteiger partial charge in [0.2, 0.25) is 5.91 Å². The summed E-state index contributed by atoms with van der Waals surface area (Å²) in [5.41, 5.74) is 8.68. The highest BCUT2D eigenvalue weighted by Gasteiger charge is 2.32. The summed E-state index contributed by atoms with van der Waals surface area (Å²) in [7, 11) is 0. The number of hydrogen-bond donors (Lipinski definition) is 2. The van der Waals surface area contributed by atoms with Crippen molar-refractivity contribution < 1.29 is 4.79 Å². The van der Waals surface area contributed by atoms with Gasteiger partial charge >= 0.3 is 0 Å². The first-order chi connectivity index (χ1) is 10.7. The zero-order valence-corrected chi connectivity index (χ0v) is 13.9. The largest absolute Gasteiger partial charge is 0.399 e. The van der Waals surface area contributed by atoms with Gasteiger partial charge in [-0.05, 0) is 48.4 Å². The van der Waals surface area contributed by atoms with Crippen molar-refractivity contribution in [3.63, 3.8) is 0 Å². The topological polar surface area (TPSA) is 55.1 Å². The molecule has 1 aliphatic rings. The highest BCUT2D eigenvalue weighted by atomic mass is 35.5. The maximum absolute atomic E-state index is 12.3. The van der Waals surface area contributed by atoms with Gasteiger partial charge in [-0.3, -0.25) is 4.79 Å². The molecule has 1 unspecified atom stereocenters. The summed E-state index contributed by atoms with van der Waals surface area (Å²) < 4.78 is 0. The molecule has 1 amide bonds. The fourth-order valence-electron chi connectivity index (χ4n) is 2.78. The van der Waals surface area contributed by atoms with Gasteiger partial charge in [0.15, 0.2) is 0 Å². The molecular weight excluding hydrogens is 308 g/mol. The molecule has 0 bridgehead atoms. The Kier molecular flexibility index (Phi) is 6.05. The Bertz CT molecular complexity index is 624. The third-order valence-corrected chi connectivity index (χ3v) is 4.18. The Labute approximate surface area is 143 Å². The van der Waals surface area contributed by atoms with E-state index in [4.69, 9.17) is 5.73 Å². The maximum atomic E-state index is 12.3. The molecule has 3 rings (SSSR count). The molecule has 2 aromatic rings. The number of nitrogens with two attached hydrogens (primary N) is 1. The molecular formula is C19H23ClN2O. The predicted octanol–water partition coefficient (Wildman–Crippen LogP) is 3.37. The van der Waals surface area contributed by atoms with E-state index in [1.165, 1.54) is 18.4 Å². The third kappa shape index (κ3) is 5.29. The SMILES string of the molecule is Cl.Nc1ccc(CC(=O)NC(Cc2ccccc2)C2CC2)cc1. The standard InChI is InChI=1S/C19H22N2O.ClH/c20-17-10-6-15(7-11-17)13-19(22)21-18(16-8-9-16)12-14-4-2-1-3-5-14;/h1-7,10-11,16,18H,8-9,12-13,20H2,(H,21,22);1H. The van der Waals surface area contributed by atoms with Crippen molar-refractivity contribution in [3.05, 3.63) is 65.7 Å². The average molecular weight is 331 g/mol. The third-order valence-electron chi connectivity index (χ3n) is 4.18. The van der Waals surface area contributed by atoms with Crippen LogP contribution in [0.5, 0.6) is 0 Å². The zero-order chi connectivity index (χ0) is 15.4. The van der Waals surface area contributed by atoms with E-state index in [-0.39, 0.29) is 24.4 Å². The first-order valence-electron chi connectivity index (χ1n) is 7.88. The molecule has 23 heavy (non-hydrogen) atoms. The lowest BCUT2D eigenvalue weighted by Crippen LogP contribution is -2.38. The van der Waals surface area contributed by atoms with E-state index in [1.54, 1.807) is 0 Å². The Hall–Kier alpha value is -2.00. The second-order valence-corrected chi connectivity index (χ2v) is 6.12. The van der Waals surface area contributed by atoms with Gasteiger partial charge in [0.1, 0.15) is 0 Å². The molecule has 1 atom stereocenters. The molecule has 2 aromatic carbocycles. The molecule has 0 heterocycles. The number of amides is 1. The van der Waals surface area contributed by atoms with Crippen LogP contribution in [0, 0.1) is 5.92 Å². The van der Waals surface area contributed by atoms with Crippen molar-refractivity contribution in [1.82, 2.24) is 5.32 Å². The number of nitrogens with one attached hydrogen (secondary N) is 1. The first-order valence-corrected chi connectivity index (χ1v) is 7.88. The minimum absolute atomic E-state index is 0. The number of benzene rings is 2. The van der Waals surface area contributed by atoms with Gasteiger partial charge < -0.3 is 11.1 Å². The van der Waals surface area contributed by atoms with Gasteiger partial charge in [0.25, 0.3) is 0 Å². The quantitative estimate of drug-likeness (QED) is 0.798. The number of carbonyl (C=O) groups excluding carboxylic acids is 1. The summed E-state index contributed by atoms with van der Waals surface area (Å²) in [4.78, 5) is 12.3. The van der Waals surface area contributed by atoms with E-state index in [2.05, 4.69) is 29.6 Å². The van der Waals surface area contributed by atoms with E-state index in [9.17, 15) is 4.79 Å². The highest BCUT2D eigenvalue weighted by Crippen LogP contribution is 2.34. The van der Waals surface area contributed by atoms with Crippen molar-refractivity contribution in [2.75, 3.05) is 5.73 Å². The normalized spacial score (nSPS) is 14.6. The Morgan fingerprint density at radius 3 is 2.30 bits per heavy atom. The summed E-state index contributed by atoms with van der Waals surface area (Å²) in [6.45, 7) is 0. The lowest BCUT2D eigenvalue weighted by Gasteiger charge is -2.18. The van der Waals surface area contributed by atoms with E-state index in [1.807, 2.05) is 30.3 Å². The lowest BCUT2D eigenvalue weighted by molar-refractivity contribution is -0.121. The van der Waals surface area contributed by atoms with Crippen LogP contribution in [-0.4, -0.2) is 11.9 Å². The van der Waals surface area contributed by atoms with Crippen LogP contribution in [0.3, 0.4) is 0 Å². The molecule has 0 saturated heterocycles. The van der Waals surface area contributed by atoms with Gasteiger partial charge in [-0.25, -0.2) is 0 Å². The number of halogens is 1. The van der Waals surface area contributed by atoms with Crippen LogP contribution in [0.4, 0.5) is 5.69 Å².